The molecular weight excluding hydrogens is 522 g/mol. The van der Waals surface area contributed by atoms with Crippen LogP contribution in [-0.4, -0.2) is 38.4 Å². The highest BCUT2D eigenvalue weighted by atomic mass is 32.2. The number of fused-ring (bicyclic) bond motifs is 1. The van der Waals surface area contributed by atoms with Crippen molar-refractivity contribution in [1.29, 1.82) is 0 Å². The van der Waals surface area contributed by atoms with Gasteiger partial charge in [0, 0.05) is 12.4 Å². The second kappa shape index (κ2) is 10.6. The molecule has 1 aliphatic rings. The van der Waals surface area contributed by atoms with Gasteiger partial charge < -0.3 is 14.2 Å². The van der Waals surface area contributed by atoms with E-state index >= 15 is 0 Å². The molecule has 0 radical (unpaired) electrons. The largest absolute Gasteiger partial charge is 0.497 e. The Balaban J connectivity index is 1.69. The molecule has 0 unspecified atom stereocenters. The van der Waals surface area contributed by atoms with Gasteiger partial charge in [-0.05, 0) is 83.8 Å². The lowest BCUT2D eigenvalue weighted by Crippen LogP contribution is -2.34. The molecule has 200 valence electrons. The standard InChI is InChI=1S/C28H25N3O7S/c1-18-12-21(20-5-10-25-26(14-20)38-17-37-25)13-24(28(32)30-33)27(18)31(16-19-4-3-11-29-15-19)39(34,35)23-8-6-22(36-2)7-9-23/h3-15,33H,16-17H2,1-2H3,(H,30,32). The van der Waals surface area contributed by atoms with E-state index in [2.05, 4.69) is 4.98 Å². The van der Waals surface area contributed by atoms with E-state index in [1.165, 1.54) is 25.3 Å². The second-order valence-electron chi connectivity index (χ2n) is 8.75. The van der Waals surface area contributed by atoms with E-state index in [-0.39, 0.29) is 29.5 Å². The average molecular weight is 548 g/mol. The predicted molar refractivity (Wildman–Crippen MR) is 143 cm³/mol. The number of carbonyl (C=O) groups excluding carboxylic acids is 1. The van der Waals surface area contributed by atoms with E-state index < -0.39 is 15.9 Å². The van der Waals surface area contributed by atoms with Crippen LogP contribution in [0.15, 0.2) is 84.0 Å². The van der Waals surface area contributed by atoms with Crippen LogP contribution < -0.4 is 24.0 Å². The smallest absolute Gasteiger partial charge is 0.276 e. The second-order valence-corrected chi connectivity index (χ2v) is 10.6. The zero-order valence-corrected chi connectivity index (χ0v) is 21.9. The molecule has 1 aliphatic heterocycles. The van der Waals surface area contributed by atoms with Crippen LogP contribution in [0.25, 0.3) is 11.1 Å². The van der Waals surface area contributed by atoms with Gasteiger partial charge in [-0.15, -0.1) is 0 Å². The Morgan fingerprint density at radius 3 is 2.51 bits per heavy atom. The number of sulfonamides is 1. The molecule has 1 aromatic heterocycles. The zero-order chi connectivity index (χ0) is 27.6. The topological polar surface area (TPSA) is 127 Å². The number of ether oxygens (including phenoxy) is 3. The van der Waals surface area contributed by atoms with Crippen LogP contribution in [0.2, 0.25) is 0 Å². The molecule has 5 rings (SSSR count). The van der Waals surface area contributed by atoms with Gasteiger partial charge in [0.1, 0.15) is 5.75 Å². The van der Waals surface area contributed by atoms with Crippen LogP contribution in [-0.2, 0) is 16.6 Å². The first-order valence-electron chi connectivity index (χ1n) is 11.9. The number of hydrogen-bond acceptors (Lipinski definition) is 8. The number of aromatic nitrogens is 1. The number of amides is 1. The fraction of sp³-hybridized carbons (Fsp3) is 0.143. The molecule has 10 nitrogen and oxygen atoms in total. The van der Waals surface area contributed by atoms with Crippen molar-refractivity contribution in [1.82, 2.24) is 10.5 Å². The minimum absolute atomic E-state index is 0.00166. The summed E-state index contributed by atoms with van der Waals surface area (Å²) in [5.74, 6) is 0.797. The summed E-state index contributed by atoms with van der Waals surface area (Å²) in [5, 5.41) is 9.61. The SMILES string of the molecule is COc1ccc(S(=O)(=O)N(Cc2cccnc2)c2c(C)cc(-c3ccc4c(c3)OCO4)cc2C(=O)NO)cc1. The Morgan fingerprint density at radius 1 is 1.05 bits per heavy atom. The van der Waals surface area contributed by atoms with Crippen molar-refractivity contribution in [2.24, 2.45) is 0 Å². The Hall–Kier alpha value is -4.61. The Kier molecular flexibility index (Phi) is 7.09. The van der Waals surface area contributed by atoms with E-state index in [4.69, 9.17) is 14.2 Å². The molecule has 4 aromatic rings. The number of aryl methyl sites for hydroxylation is 1. The Labute approximate surface area is 225 Å². The number of anilines is 1. The van der Waals surface area contributed by atoms with Crippen molar-refractivity contribution in [2.45, 2.75) is 18.4 Å². The Morgan fingerprint density at radius 2 is 1.82 bits per heavy atom. The number of rotatable bonds is 8. The highest BCUT2D eigenvalue weighted by Crippen LogP contribution is 2.39. The molecule has 0 fully saturated rings. The molecule has 3 aromatic carbocycles. The van der Waals surface area contributed by atoms with Gasteiger partial charge in [-0.1, -0.05) is 12.1 Å². The summed E-state index contributed by atoms with van der Waals surface area (Å²) >= 11 is 0. The van der Waals surface area contributed by atoms with E-state index in [0.717, 1.165) is 9.87 Å². The lowest BCUT2D eigenvalue weighted by Gasteiger charge is -2.28. The van der Waals surface area contributed by atoms with Crippen molar-refractivity contribution in [3.05, 3.63) is 95.8 Å². The number of nitrogens with one attached hydrogen (secondary N) is 1. The van der Waals surface area contributed by atoms with Gasteiger partial charge >= 0.3 is 0 Å². The van der Waals surface area contributed by atoms with Gasteiger partial charge in [0.15, 0.2) is 11.5 Å². The fourth-order valence-corrected chi connectivity index (χ4v) is 5.94. The van der Waals surface area contributed by atoms with E-state index in [1.807, 2.05) is 6.07 Å². The fourth-order valence-electron chi connectivity index (χ4n) is 4.40. The van der Waals surface area contributed by atoms with Gasteiger partial charge in [-0.2, -0.15) is 0 Å². The summed E-state index contributed by atoms with van der Waals surface area (Å²) in [6, 6.07) is 18.1. The molecule has 0 atom stereocenters. The third-order valence-electron chi connectivity index (χ3n) is 6.30. The molecule has 11 heteroatoms. The van der Waals surface area contributed by atoms with Crippen molar-refractivity contribution in [3.63, 3.8) is 0 Å². The van der Waals surface area contributed by atoms with E-state index in [9.17, 15) is 18.4 Å². The monoisotopic (exact) mass is 547 g/mol. The first kappa shape index (κ1) is 26.0. The highest BCUT2D eigenvalue weighted by Gasteiger charge is 2.31. The lowest BCUT2D eigenvalue weighted by molar-refractivity contribution is 0.0707. The molecule has 0 bridgehead atoms. The van der Waals surface area contributed by atoms with Crippen LogP contribution >= 0.6 is 0 Å². The normalized spacial score (nSPS) is 12.2. The Bertz CT molecular complexity index is 1630. The zero-order valence-electron chi connectivity index (χ0n) is 21.1. The van der Waals surface area contributed by atoms with Gasteiger partial charge in [-0.25, -0.2) is 13.9 Å². The predicted octanol–water partition coefficient (Wildman–Crippen LogP) is 4.31. The number of carbonyl (C=O) groups is 1. The van der Waals surface area contributed by atoms with E-state index in [0.29, 0.717) is 33.9 Å². The third kappa shape index (κ3) is 5.09. The molecule has 0 saturated carbocycles. The average Bonchev–Trinajstić information content (AvgIpc) is 3.44. The maximum atomic E-state index is 14.1. The molecule has 39 heavy (non-hydrogen) atoms. The van der Waals surface area contributed by atoms with Crippen LogP contribution in [0.5, 0.6) is 17.2 Å². The number of pyridine rings is 1. The minimum atomic E-state index is -4.20. The summed E-state index contributed by atoms with van der Waals surface area (Å²) in [7, 11) is -2.71. The van der Waals surface area contributed by atoms with Crippen molar-refractivity contribution < 1.29 is 32.6 Å². The van der Waals surface area contributed by atoms with Crippen LogP contribution in [0.3, 0.4) is 0 Å². The third-order valence-corrected chi connectivity index (χ3v) is 8.06. The van der Waals surface area contributed by atoms with Gasteiger partial charge in [0.05, 0.1) is 29.8 Å². The van der Waals surface area contributed by atoms with Crippen molar-refractivity contribution in [3.8, 4) is 28.4 Å². The summed E-state index contributed by atoms with van der Waals surface area (Å²) in [6.45, 7) is 1.71. The molecule has 2 heterocycles. The molecule has 1 amide bonds. The van der Waals surface area contributed by atoms with Crippen molar-refractivity contribution >= 4 is 21.6 Å². The van der Waals surface area contributed by atoms with Crippen LogP contribution in [0.1, 0.15) is 21.5 Å². The van der Waals surface area contributed by atoms with Gasteiger partial charge in [0.2, 0.25) is 6.79 Å². The summed E-state index contributed by atoms with van der Waals surface area (Å²) in [4.78, 5) is 17.1. The van der Waals surface area contributed by atoms with Crippen molar-refractivity contribution in [2.75, 3.05) is 18.2 Å². The minimum Gasteiger partial charge on any atom is -0.497 e. The molecular formula is C28H25N3O7S. The van der Waals surface area contributed by atoms with Gasteiger partial charge in [-0.3, -0.25) is 19.3 Å². The van der Waals surface area contributed by atoms with Crippen LogP contribution in [0, 0.1) is 6.92 Å². The highest BCUT2D eigenvalue weighted by molar-refractivity contribution is 7.92. The molecule has 0 saturated heterocycles. The number of hydroxylamine groups is 1. The number of nitrogens with zero attached hydrogens (tertiary/aromatic N) is 2. The summed E-state index contributed by atoms with van der Waals surface area (Å²) in [6.07, 6.45) is 3.14. The quantitative estimate of drug-likeness (QED) is 0.247. The molecule has 0 spiro atoms. The number of methoxy groups -OCH3 is 1. The lowest BCUT2D eigenvalue weighted by atomic mass is 9.97. The van der Waals surface area contributed by atoms with Gasteiger partial charge in [0.25, 0.3) is 15.9 Å². The first-order chi connectivity index (χ1) is 18.8. The van der Waals surface area contributed by atoms with Crippen LogP contribution in [0.4, 0.5) is 5.69 Å². The first-order valence-corrected chi connectivity index (χ1v) is 13.3. The number of hydrogen-bond donors (Lipinski definition) is 2. The molecule has 2 N–H and O–H groups in total. The molecule has 0 aliphatic carbocycles. The summed E-state index contributed by atoms with van der Waals surface area (Å²) in [5.41, 5.74) is 4.17. The van der Waals surface area contributed by atoms with E-state index in [1.54, 1.807) is 67.3 Å². The summed E-state index contributed by atoms with van der Waals surface area (Å²) < 4.78 is 45.3. The number of benzene rings is 3. The maximum absolute atomic E-state index is 14.1. The maximum Gasteiger partial charge on any atom is 0.276 e.